The number of hydrogen-bond acceptors (Lipinski definition) is 1. The number of carbonyl (C=O) groups excluding carboxylic acids is 1. The molecular formula is C12H20O. The van der Waals surface area contributed by atoms with Gasteiger partial charge in [0.2, 0.25) is 0 Å². The Balaban J connectivity index is 2.57. The maximum atomic E-state index is 11.3. The molecule has 0 aliphatic heterocycles. The fraction of sp³-hybridized carbons (Fsp3) is 0.750. The van der Waals surface area contributed by atoms with E-state index in [9.17, 15) is 4.79 Å². The number of allylic oxidation sites excluding steroid dienone is 2. The molecule has 0 spiro atoms. The Morgan fingerprint density at radius 1 is 1.54 bits per heavy atom. The van der Waals surface area contributed by atoms with E-state index < -0.39 is 0 Å². The Morgan fingerprint density at radius 3 is 2.85 bits per heavy atom. The fourth-order valence-electron chi connectivity index (χ4n) is 2.20. The number of carbonyl (C=O) groups is 1. The van der Waals surface area contributed by atoms with Crippen molar-refractivity contribution in [3.63, 3.8) is 0 Å². The number of ketones is 1. The average molecular weight is 180 g/mol. The molecule has 0 saturated heterocycles. The highest BCUT2D eigenvalue weighted by Crippen LogP contribution is 2.29. The van der Waals surface area contributed by atoms with Gasteiger partial charge in [-0.3, -0.25) is 4.79 Å². The molecule has 1 nitrogen and oxygen atoms in total. The van der Waals surface area contributed by atoms with Crippen molar-refractivity contribution in [1.29, 1.82) is 0 Å². The van der Waals surface area contributed by atoms with E-state index in [2.05, 4.69) is 19.9 Å². The topological polar surface area (TPSA) is 17.1 Å². The second-order valence-electron chi connectivity index (χ2n) is 3.87. The molecule has 1 fully saturated rings. The van der Waals surface area contributed by atoms with E-state index in [4.69, 9.17) is 0 Å². The van der Waals surface area contributed by atoms with E-state index in [0.29, 0.717) is 11.7 Å². The zero-order chi connectivity index (χ0) is 9.68. The van der Waals surface area contributed by atoms with Gasteiger partial charge >= 0.3 is 0 Å². The maximum absolute atomic E-state index is 11.3. The lowest BCUT2D eigenvalue weighted by molar-refractivity contribution is -0.121. The van der Waals surface area contributed by atoms with E-state index in [1.54, 1.807) is 0 Å². The summed E-state index contributed by atoms with van der Waals surface area (Å²) in [5.41, 5.74) is 1.51. The molecule has 0 aromatic rings. The van der Waals surface area contributed by atoms with Gasteiger partial charge < -0.3 is 0 Å². The molecule has 0 aromatic heterocycles. The highest BCUT2D eigenvalue weighted by atomic mass is 16.1. The van der Waals surface area contributed by atoms with Crippen molar-refractivity contribution in [2.75, 3.05) is 0 Å². The predicted molar refractivity (Wildman–Crippen MR) is 55.6 cm³/mol. The zero-order valence-corrected chi connectivity index (χ0v) is 8.81. The standard InChI is InChI=1S/C12H20O/c1-3-6-10(4-2)11-7-5-8-12(13)9-11/h6,11H,3-5,7-9H2,1-2H3/b10-6-. The number of Topliss-reactive ketones (excluding diaryl/α,β-unsaturated/α-hetero) is 1. The van der Waals surface area contributed by atoms with Gasteiger partial charge in [0.15, 0.2) is 0 Å². The van der Waals surface area contributed by atoms with Crippen molar-refractivity contribution in [3.05, 3.63) is 11.6 Å². The molecule has 1 rings (SSSR count). The van der Waals surface area contributed by atoms with Crippen molar-refractivity contribution in [1.82, 2.24) is 0 Å². The summed E-state index contributed by atoms with van der Waals surface area (Å²) in [6.07, 6.45) is 8.48. The van der Waals surface area contributed by atoms with E-state index in [-0.39, 0.29) is 0 Å². The van der Waals surface area contributed by atoms with Gasteiger partial charge in [-0.15, -0.1) is 0 Å². The first-order valence-corrected chi connectivity index (χ1v) is 5.48. The van der Waals surface area contributed by atoms with Crippen molar-refractivity contribution in [3.8, 4) is 0 Å². The summed E-state index contributed by atoms with van der Waals surface area (Å²) in [4.78, 5) is 11.3. The average Bonchev–Trinajstić information content (AvgIpc) is 2.14. The molecule has 0 bridgehead atoms. The Hall–Kier alpha value is -0.590. The first kappa shape index (κ1) is 10.5. The van der Waals surface area contributed by atoms with Gasteiger partial charge in [-0.2, -0.15) is 0 Å². The van der Waals surface area contributed by atoms with Crippen molar-refractivity contribution >= 4 is 5.78 Å². The molecule has 0 radical (unpaired) electrons. The maximum Gasteiger partial charge on any atom is 0.133 e. The van der Waals surface area contributed by atoms with E-state index in [1.807, 2.05) is 0 Å². The molecule has 0 aromatic carbocycles. The summed E-state index contributed by atoms with van der Waals surface area (Å²) in [7, 11) is 0. The van der Waals surface area contributed by atoms with E-state index in [1.165, 1.54) is 12.0 Å². The van der Waals surface area contributed by atoms with Gasteiger partial charge in [0.05, 0.1) is 0 Å². The van der Waals surface area contributed by atoms with Gasteiger partial charge in [0.25, 0.3) is 0 Å². The van der Waals surface area contributed by atoms with Crippen LogP contribution in [0.15, 0.2) is 11.6 Å². The Bertz CT molecular complexity index is 203. The molecule has 1 heteroatoms. The summed E-state index contributed by atoms with van der Waals surface area (Å²) < 4.78 is 0. The summed E-state index contributed by atoms with van der Waals surface area (Å²) in [6, 6.07) is 0. The Kier molecular flexibility index (Phi) is 4.20. The second-order valence-corrected chi connectivity index (χ2v) is 3.87. The van der Waals surface area contributed by atoms with Crippen LogP contribution in [-0.4, -0.2) is 5.78 Å². The third-order valence-corrected chi connectivity index (χ3v) is 2.88. The Morgan fingerprint density at radius 2 is 2.31 bits per heavy atom. The Labute approximate surface area is 81.2 Å². The highest BCUT2D eigenvalue weighted by molar-refractivity contribution is 5.79. The number of rotatable bonds is 3. The molecule has 1 aliphatic carbocycles. The van der Waals surface area contributed by atoms with Crippen LogP contribution in [0.25, 0.3) is 0 Å². The first-order valence-electron chi connectivity index (χ1n) is 5.48. The summed E-state index contributed by atoms with van der Waals surface area (Å²) >= 11 is 0. The summed E-state index contributed by atoms with van der Waals surface area (Å²) in [5.74, 6) is 1.04. The van der Waals surface area contributed by atoms with Gasteiger partial charge in [0.1, 0.15) is 5.78 Å². The van der Waals surface area contributed by atoms with Crippen LogP contribution < -0.4 is 0 Å². The summed E-state index contributed by atoms with van der Waals surface area (Å²) in [5, 5.41) is 0. The van der Waals surface area contributed by atoms with Crippen LogP contribution in [0.5, 0.6) is 0 Å². The minimum atomic E-state index is 0.465. The molecule has 13 heavy (non-hydrogen) atoms. The molecule has 1 aliphatic rings. The normalized spacial score (nSPS) is 24.9. The predicted octanol–water partition coefficient (Wildman–Crippen LogP) is 3.49. The third-order valence-electron chi connectivity index (χ3n) is 2.88. The molecule has 1 atom stereocenters. The lowest BCUT2D eigenvalue weighted by Crippen LogP contribution is -2.16. The smallest absolute Gasteiger partial charge is 0.133 e. The quantitative estimate of drug-likeness (QED) is 0.607. The zero-order valence-electron chi connectivity index (χ0n) is 8.81. The van der Waals surface area contributed by atoms with E-state index >= 15 is 0 Å². The third kappa shape index (κ3) is 2.98. The SMILES string of the molecule is CC/C=C(/CC)C1CCCC(=O)C1. The second kappa shape index (κ2) is 5.21. The van der Waals surface area contributed by atoms with Crippen molar-refractivity contribution in [2.24, 2.45) is 5.92 Å². The van der Waals surface area contributed by atoms with E-state index in [0.717, 1.165) is 32.1 Å². The van der Waals surface area contributed by atoms with Crippen LogP contribution >= 0.6 is 0 Å². The van der Waals surface area contributed by atoms with Gasteiger partial charge in [-0.25, -0.2) is 0 Å². The van der Waals surface area contributed by atoms with Crippen LogP contribution in [-0.2, 0) is 4.79 Å². The van der Waals surface area contributed by atoms with Gasteiger partial charge in [0, 0.05) is 12.8 Å². The van der Waals surface area contributed by atoms with Crippen LogP contribution in [0.3, 0.4) is 0 Å². The fourth-order valence-corrected chi connectivity index (χ4v) is 2.20. The van der Waals surface area contributed by atoms with Crippen molar-refractivity contribution in [2.45, 2.75) is 52.4 Å². The van der Waals surface area contributed by atoms with Gasteiger partial charge in [-0.05, 0) is 31.6 Å². The molecular weight excluding hydrogens is 160 g/mol. The largest absolute Gasteiger partial charge is 0.300 e. The van der Waals surface area contributed by atoms with Crippen LogP contribution in [0.1, 0.15) is 52.4 Å². The molecule has 0 amide bonds. The molecule has 0 heterocycles. The molecule has 74 valence electrons. The first-order chi connectivity index (χ1) is 6.27. The van der Waals surface area contributed by atoms with Crippen LogP contribution in [0.4, 0.5) is 0 Å². The van der Waals surface area contributed by atoms with Crippen molar-refractivity contribution < 1.29 is 4.79 Å². The minimum absolute atomic E-state index is 0.465. The number of hydrogen-bond donors (Lipinski definition) is 0. The minimum Gasteiger partial charge on any atom is -0.300 e. The molecule has 1 unspecified atom stereocenters. The monoisotopic (exact) mass is 180 g/mol. The van der Waals surface area contributed by atoms with Crippen LogP contribution in [0, 0.1) is 5.92 Å². The molecule has 0 N–H and O–H groups in total. The lowest BCUT2D eigenvalue weighted by Gasteiger charge is -2.23. The van der Waals surface area contributed by atoms with Crippen LogP contribution in [0.2, 0.25) is 0 Å². The highest BCUT2D eigenvalue weighted by Gasteiger charge is 2.21. The summed E-state index contributed by atoms with van der Waals surface area (Å²) in [6.45, 7) is 4.36. The molecule has 1 saturated carbocycles. The lowest BCUT2D eigenvalue weighted by atomic mass is 9.82. The van der Waals surface area contributed by atoms with Gasteiger partial charge in [-0.1, -0.05) is 25.5 Å².